The van der Waals surface area contributed by atoms with Crippen molar-refractivity contribution in [2.45, 2.75) is 58.8 Å². The summed E-state index contributed by atoms with van der Waals surface area (Å²) in [6, 6.07) is 0. The number of hydrogen-bond acceptors (Lipinski definition) is 0. The molecule has 3 fully saturated rings. The summed E-state index contributed by atoms with van der Waals surface area (Å²) >= 11 is 0. The van der Waals surface area contributed by atoms with Gasteiger partial charge in [-0.1, -0.05) is 20.3 Å². The lowest BCUT2D eigenvalue weighted by molar-refractivity contribution is 0.0381. The monoisotopic (exact) mass is 192 g/mol. The molecule has 0 heterocycles. The maximum absolute atomic E-state index is 2.45. The number of fused-ring (bicyclic) bond motifs is 2. The molecule has 2 bridgehead atoms. The predicted octanol–water partition coefficient (Wildman–Crippen LogP) is 4.25. The van der Waals surface area contributed by atoms with Crippen LogP contribution in [-0.4, -0.2) is 0 Å². The minimum atomic E-state index is 0.829. The molecule has 0 aromatic carbocycles. The average Bonchev–Trinajstić information content (AvgIpc) is 2.70. The van der Waals surface area contributed by atoms with Crippen LogP contribution in [0.3, 0.4) is 0 Å². The van der Waals surface area contributed by atoms with Crippen LogP contribution in [0.4, 0.5) is 0 Å². The molecule has 0 nitrogen and oxygen atoms in total. The van der Waals surface area contributed by atoms with E-state index in [0.29, 0.717) is 0 Å². The van der Waals surface area contributed by atoms with Crippen molar-refractivity contribution in [1.82, 2.24) is 0 Å². The third kappa shape index (κ3) is 1.12. The molecule has 3 saturated carbocycles. The molecular weight excluding hydrogens is 168 g/mol. The van der Waals surface area contributed by atoms with Crippen LogP contribution in [-0.2, 0) is 0 Å². The molecule has 14 heavy (non-hydrogen) atoms. The molecule has 0 aromatic rings. The Kier molecular flexibility index (Phi) is 1.98. The molecule has 0 radical (unpaired) electrons. The molecule has 0 N–H and O–H groups in total. The standard InChI is InChI=1S/C14H24/c1-3-14-5-4-11(9-14)8-13(14)12-6-10(2)7-12/h10-13H,3-9H2,1-2H3. The lowest BCUT2D eigenvalue weighted by Crippen LogP contribution is -2.37. The van der Waals surface area contributed by atoms with Gasteiger partial charge in [-0.25, -0.2) is 0 Å². The van der Waals surface area contributed by atoms with E-state index < -0.39 is 0 Å². The fraction of sp³-hybridized carbons (Fsp3) is 1.00. The van der Waals surface area contributed by atoms with Crippen LogP contribution in [0.1, 0.15) is 58.8 Å². The Balaban J connectivity index is 1.74. The number of rotatable bonds is 2. The van der Waals surface area contributed by atoms with Gasteiger partial charge in [-0.2, -0.15) is 0 Å². The van der Waals surface area contributed by atoms with E-state index in [2.05, 4.69) is 13.8 Å². The second kappa shape index (κ2) is 3.00. The maximum atomic E-state index is 2.45. The first-order valence-electron chi connectivity index (χ1n) is 6.73. The minimum Gasteiger partial charge on any atom is -0.0648 e. The molecule has 3 aliphatic carbocycles. The normalized spacial score (nSPS) is 56.1. The van der Waals surface area contributed by atoms with E-state index >= 15 is 0 Å². The topological polar surface area (TPSA) is 0 Å². The van der Waals surface area contributed by atoms with Crippen molar-refractivity contribution < 1.29 is 0 Å². The summed E-state index contributed by atoms with van der Waals surface area (Å²) in [7, 11) is 0. The van der Waals surface area contributed by atoms with Gasteiger partial charge in [0.25, 0.3) is 0 Å². The Bertz CT molecular complexity index is 226. The van der Waals surface area contributed by atoms with Crippen molar-refractivity contribution in [2.24, 2.45) is 29.1 Å². The Hall–Kier alpha value is 0. The first kappa shape index (κ1) is 9.24. The van der Waals surface area contributed by atoms with Gasteiger partial charge in [0.2, 0.25) is 0 Å². The smallest absolute Gasteiger partial charge is 0.0266 e. The van der Waals surface area contributed by atoms with Gasteiger partial charge in [-0.3, -0.25) is 0 Å². The molecule has 80 valence electrons. The molecule has 0 aromatic heterocycles. The van der Waals surface area contributed by atoms with Crippen LogP contribution >= 0.6 is 0 Å². The highest BCUT2D eigenvalue weighted by Crippen LogP contribution is 2.64. The summed E-state index contributed by atoms with van der Waals surface area (Å²) < 4.78 is 0. The second-order valence-corrected chi connectivity index (χ2v) is 6.50. The quantitative estimate of drug-likeness (QED) is 0.613. The molecule has 3 rings (SSSR count). The van der Waals surface area contributed by atoms with Crippen LogP contribution < -0.4 is 0 Å². The van der Waals surface area contributed by atoms with E-state index in [9.17, 15) is 0 Å². The molecule has 0 spiro atoms. The number of hydrogen-bond donors (Lipinski definition) is 0. The highest BCUT2D eigenvalue weighted by molar-refractivity contribution is 5.04. The lowest BCUT2D eigenvalue weighted by Gasteiger charge is -2.46. The highest BCUT2D eigenvalue weighted by atomic mass is 14.6. The van der Waals surface area contributed by atoms with Gasteiger partial charge in [0.1, 0.15) is 0 Å². The Morgan fingerprint density at radius 3 is 2.57 bits per heavy atom. The molecule has 0 aliphatic heterocycles. The van der Waals surface area contributed by atoms with Gasteiger partial charge in [0.15, 0.2) is 0 Å². The van der Waals surface area contributed by atoms with Gasteiger partial charge >= 0.3 is 0 Å². The van der Waals surface area contributed by atoms with E-state index in [4.69, 9.17) is 0 Å². The highest BCUT2D eigenvalue weighted by Gasteiger charge is 2.54. The summed E-state index contributed by atoms with van der Waals surface area (Å²) in [4.78, 5) is 0. The summed E-state index contributed by atoms with van der Waals surface area (Å²) in [5.41, 5.74) is 0.829. The summed E-state index contributed by atoms with van der Waals surface area (Å²) in [5.74, 6) is 4.46. The van der Waals surface area contributed by atoms with Crippen LogP contribution in [0.2, 0.25) is 0 Å². The van der Waals surface area contributed by atoms with Crippen molar-refractivity contribution in [3.05, 3.63) is 0 Å². The fourth-order valence-corrected chi connectivity index (χ4v) is 4.99. The summed E-state index contributed by atoms with van der Waals surface area (Å²) in [6.07, 6.45) is 10.9. The molecular formula is C14H24. The molecule has 0 saturated heterocycles. The minimum absolute atomic E-state index is 0.829. The predicted molar refractivity (Wildman–Crippen MR) is 60.1 cm³/mol. The van der Waals surface area contributed by atoms with Crippen molar-refractivity contribution in [1.29, 1.82) is 0 Å². The summed E-state index contributed by atoms with van der Waals surface area (Å²) in [5, 5.41) is 0. The molecule has 3 aliphatic rings. The Morgan fingerprint density at radius 2 is 2.00 bits per heavy atom. The SMILES string of the molecule is CCC12CCC(CC1C1CC(C)C1)C2. The van der Waals surface area contributed by atoms with E-state index in [-0.39, 0.29) is 0 Å². The van der Waals surface area contributed by atoms with E-state index in [1.807, 2.05) is 0 Å². The van der Waals surface area contributed by atoms with E-state index in [0.717, 1.165) is 29.1 Å². The van der Waals surface area contributed by atoms with Gasteiger partial charge < -0.3 is 0 Å². The van der Waals surface area contributed by atoms with Crippen molar-refractivity contribution >= 4 is 0 Å². The van der Waals surface area contributed by atoms with Gasteiger partial charge in [-0.15, -0.1) is 0 Å². The Labute approximate surface area is 88.5 Å². The van der Waals surface area contributed by atoms with E-state index in [1.54, 1.807) is 38.5 Å². The third-order valence-electron chi connectivity index (χ3n) is 5.80. The summed E-state index contributed by atoms with van der Waals surface area (Å²) in [6.45, 7) is 4.88. The third-order valence-corrected chi connectivity index (χ3v) is 5.80. The van der Waals surface area contributed by atoms with Crippen molar-refractivity contribution in [3.63, 3.8) is 0 Å². The van der Waals surface area contributed by atoms with Crippen LogP contribution in [0, 0.1) is 29.1 Å². The molecule has 3 atom stereocenters. The average molecular weight is 192 g/mol. The first-order valence-corrected chi connectivity index (χ1v) is 6.73. The van der Waals surface area contributed by atoms with Crippen molar-refractivity contribution in [3.8, 4) is 0 Å². The molecule has 0 amide bonds. The van der Waals surface area contributed by atoms with Crippen LogP contribution in [0.5, 0.6) is 0 Å². The van der Waals surface area contributed by atoms with Gasteiger partial charge in [0.05, 0.1) is 0 Å². The van der Waals surface area contributed by atoms with Gasteiger partial charge in [0, 0.05) is 0 Å². The van der Waals surface area contributed by atoms with Crippen molar-refractivity contribution in [2.75, 3.05) is 0 Å². The zero-order valence-corrected chi connectivity index (χ0v) is 9.76. The largest absolute Gasteiger partial charge is 0.0648 e. The van der Waals surface area contributed by atoms with Crippen LogP contribution in [0.15, 0.2) is 0 Å². The van der Waals surface area contributed by atoms with Gasteiger partial charge in [-0.05, 0) is 67.6 Å². The maximum Gasteiger partial charge on any atom is -0.0266 e. The lowest BCUT2D eigenvalue weighted by atomic mass is 9.59. The first-order chi connectivity index (χ1) is 6.73. The fourth-order valence-electron chi connectivity index (χ4n) is 4.99. The zero-order chi connectivity index (χ0) is 9.76. The molecule has 3 unspecified atom stereocenters. The Morgan fingerprint density at radius 1 is 1.21 bits per heavy atom. The second-order valence-electron chi connectivity index (χ2n) is 6.50. The van der Waals surface area contributed by atoms with E-state index in [1.165, 1.54) is 6.42 Å². The zero-order valence-electron chi connectivity index (χ0n) is 9.76. The molecule has 0 heteroatoms. The van der Waals surface area contributed by atoms with Crippen LogP contribution in [0.25, 0.3) is 0 Å².